The van der Waals surface area contributed by atoms with Gasteiger partial charge >= 0.3 is 0 Å². The number of ether oxygens (including phenoxy) is 1. The number of hydrogen-bond donors (Lipinski definition) is 2. The molecule has 45 heavy (non-hydrogen) atoms. The highest BCUT2D eigenvalue weighted by atomic mass is 16.5. The van der Waals surface area contributed by atoms with E-state index < -0.39 is 29.6 Å². The van der Waals surface area contributed by atoms with Crippen molar-refractivity contribution in [1.82, 2.24) is 15.1 Å². The van der Waals surface area contributed by atoms with Crippen LogP contribution in [0, 0.1) is 37.5 Å². The predicted octanol–water partition coefficient (Wildman–Crippen LogP) is 4.86. The average Bonchev–Trinajstić information content (AvgIpc) is 3.65. The lowest BCUT2D eigenvalue weighted by Gasteiger charge is -2.38. The van der Waals surface area contributed by atoms with Gasteiger partial charge in [0.15, 0.2) is 0 Å². The zero-order valence-corrected chi connectivity index (χ0v) is 27.3. The number of nitrogens with one attached hydrogen (secondary N) is 2. The van der Waals surface area contributed by atoms with Crippen LogP contribution in [-0.4, -0.2) is 71.4 Å². The summed E-state index contributed by atoms with van der Waals surface area (Å²) in [6.07, 6.45) is 7.10. The molecule has 3 amide bonds. The minimum Gasteiger partial charge on any atom is -0.359 e. The number of benzene rings is 2. The summed E-state index contributed by atoms with van der Waals surface area (Å²) in [7, 11) is 2.07. The van der Waals surface area contributed by atoms with Crippen LogP contribution in [0.3, 0.4) is 0 Å². The third-order valence-corrected chi connectivity index (χ3v) is 11.0. The van der Waals surface area contributed by atoms with Gasteiger partial charge in [0.1, 0.15) is 11.6 Å². The van der Waals surface area contributed by atoms with E-state index in [1.54, 1.807) is 4.90 Å². The molecule has 6 rings (SSSR count). The zero-order valence-electron chi connectivity index (χ0n) is 27.3. The number of carbonyl (C=O) groups excluding carboxylic acids is 3. The highest BCUT2D eigenvalue weighted by molar-refractivity contribution is 6.02. The van der Waals surface area contributed by atoms with Crippen LogP contribution < -0.4 is 10.6 Å². The third kappa shape index (κ3) is 5.95. The van der Waals surface area contributed by atoms with E-state index in [0.717, 1.165) is 43.5 Å². The van der Waals surface area contributed by atoms with E-state index in [1.807, 2.05) is 62.4 Å². The number of likely N-dealkylation sites (tertiary alicyclic amines) is 1. The van der Waals surface area contributed by atoms with Crippen molar-refractivity contribution in [3.63, 3.8) is 0 Å². The molecule has 2 aromatic rings. The number of fused-ring (bicyclic) bond motifs is 1. The molecule has 3 fully saturated rings. The lowest BCUT2D eigenvalue weighted by molar-refractivity contribution is -0.141. The maximum absolute atomic E-state index is 14.4. The Morgan fingerprint density at radius 3 is 2.58 bits per heavy atom. The normalized spacial score (nSPS) is 31.8. The highest BCUT2D eigenvalue weighted by Gasteiger charge is 2.72. The topological polar surface area (TPSA) is 91.0 Å². The van der Waals surface area contributed by atoms with Gasteiger partial charge in [0.05, 0.1) is 17.9 Å². The first-order valence-electron chi connectivity index (χ1n) is 16.7. The Labute approximate surface area is 267 Å². The lowest BCUT2D eigenvalue weighted by atomic mass is 9.73. The monoisotopic (exact) mass is 612 g/mol. The van der Waals surface area contributed by atoms with Gasteiger partial charge in [0.25, 0.3) is 0 Å². The predicted molar refractivity (Wildman–Crippen MR) is 175 cm³/mol. The van der Waals surface area contributed by atoms with Crippen molar-refractivity contribution in [3.8, 4) is 0 Å². The van der Waals surface area contributed by atoms with E-state index in [2.05, 4.69) is 48.6 Å². The maximum atomic E-state index is 14.4. The summed E-state index contributed by atoms with van der Waals surface area (Å²) in [6.45, 7) is 10.5. The number of nitrogens with zero attached hydrogens (tertiary/aromatic N) is 2. The Hall–Kier alpha value is -3.49. The van der Waals surface area contributed by atoms with Crippen LogP contribution in [0.1, 0.15) is 56.2 Å². The van der Waals surface area contributed by atoms with Gasteiger partial charge in [-0.3, -0.25) is 14.4 Å². The Morgan fingerprint density at radius 1 is 1.04 bits per heavy atom. The molecule has 8 atom stereocenters. The molecule has 6 unspecified atom stereocenters. The summed E-state index contributed by atoms with van der Waals surface area (Å²) in [5, 5.41) is 6.40. The van der Waals surface area contributed by atoms with E-state index in [4.69, 9.17) is 4.74 Å². The molecule has 2 saturated heterocycles. The Balaban J connectivity index is 1.23. The Kier molecular flexibility index (Phi) is 8.90. The van der Waals surface area contributed by atoms with E-state index in [1.165, 1.54) is 5.56 Å². The SMILES string of the molecule is Cc1ccc(NC(=O)C2[C@H]3C=CC4(O3)C(C(=O)NC3CCCC(C)C3C)N(CCCN(C)Cc3ccccc3)C(=O)[C@@H]24)cc1C. The van der Waals surface area contributed by atoms with E-state index in [0.29, 0.717) is 30.5 Å². The smallest absolute Gasteiger partial charge is 0.246 e. The van der Waals surface area contributed by atoms with Crippen molar-refractivity contribution >= 4 is 23.4 Å². The molecule has 3 aliphatic heterocycles. The molecule has 1 spiro atoms. The summed E-state index contributed by atoms with van der Waals surface area (Å²) in [5.41, 5.74) is 2.99. The van der Waals surface area contributed by atoms with Crippen molar-refractivity contribution in [1.29, 1.82) is 0 Å². The second-order valence-corrected chi connectivity index (χ2v) is 14.0. The molecule has 2 bridgehead atoms. The average molecular weight is 613 g/mol. The van der Waals surface area contributed by atoms with Crippen LogP contribution in [0.2, 0.25) is 0 Å². The summed E-state index contributed by atoms with van der Waals surface area (Å²) < 4.78 is 6.57. The number of rotatable bonds is 10. The number of aryl methyl sites for hydroxylation is 2. The van der Waals surface area contributed by atoms with E-state index in [9.17, 15) is 14.4 Å². The largest absolute Gasteiger partial charge is 0.359 e. The van der Waals surface area contributed by atoms with Crippen LogP contribution in [0.4, 0.5) is 5.69 Å². The first-order valence-corrected chi connectivity index (χ1v) is 16.7. The highest BCUT2D eigenvalue weighted by Crippen LogP contribution is 2.55. The molecule has 3 heterocycles. The fourth-order valence-electron chi connectivity index (χ4n) is 8.09. The van der Waals surface area contributed by atoms with Gasteiger partial charge < -0.3 is 25.2 Å². The summed E-state index contributed by atoms with van der Waals surface area (Å²) >= 11 is 0. The summed E-state index contributed by atoms with van der Waals surface area (Å²) in [4.78, 5) is 46.4. The lowest BCUT2D eigenvalue weighted by Crippen LogP contribution is -2.58. The van der Waals surface area contributed by atoms with Crippen LogP contribution in [0.25, 0.3) is 0 Å². The number of hydrogen-bond acceptors (Lipinski definition) is 5. The fraction of sp³-hybridized carbons (Fsp3) is 0.541. The van der Waals surface area contributed by atoms with Gasteiger partial charge in [-0.25, -0.2) is 0 Å². The molecular weight excluding hydrogens is 564 g/mol. The molecular formula is C37H48N4O4. The van der Waals surface area contributed by atoms with Crippen molar-refractivity contribution in [2.75, 3.05) is 25.5 Å². The van der Waals surface area contributed by atoms with E-state index in [-0.39, 0.29) is 23.8 Å². The Bertz CT molecular complexity index is 1460. The minimum absolute atomic E-state index is 0.0529. The number of anilines is 1. The van der Waals surface area contributed by atoms with Gasteiger partial charge in [0, 0.05) is 24.8 Å². The quantitative estimate of drug-likeness (QED) is 0.375. The van der Waals surface area contributed by atoms with Crippen LogP contribution in [-0.2, 0) is 25.7 Å². The van der Waals surface area contributed by atoms with E-state index >= 15 is 0 Å². The molecule has 2 N–H and O–H groups in total. The first-order chi connectivity index (χ1) is 21.6. The summed E-state index contributed by atoms with van der Waals surface area (Å²) in [6, 6.07) is 15.4. The molecule has 2 aromatic carbocycles. The van der Waals surface area contributed by atoms with Gasteiger partial charge in [-0.15, -0.1) is 0 Å². The molecule has 0 aromatic heterocycles. The summed E-state index contributed by atoms with van der Waals surface area (Å²) in [5.74, 6) is -1.17. The second-order valence-electron chi connectivity index (χ2n) is 14.0. The second kappa shape index (κ2) is 12.7. The Morgan fingerprint density at radius 2 is 1.82 bits per heavy atom. The van der Waals surface area contributed by atoms with Gasteiger partial charge in [0.2, 0.25) is 17.7 Å². The molecule has 8 nitrogen and oxygen atoms in total. The van der Waals surface area contributed by atoms with Crippen molar-refractivity contribution in [3.05, 3.63) is 77.4 Å². The molecule has 8 heteroatoms. The molecule has 240 valence electrons. The van der Waals surface area contributed by atoms with Gasteiger partial charge in [-0.05, 0) is 80.9 Å². The van der Waals surface area contributed by atoms with Crippen LogP contribution in [0.15, 0.2) is 60.7 Å². The van der Waals surface area contributed by atoms with Crippen molar-refractivity contribution in [2.24, 2.45) is 23.7 Å². The fourth-order valence-corrected chi connectivity index (χ4v) is 8.09. The first kappa shape index (κ1) is 31.5. The van der Waals surface area contributed by atoms with Crippen LogP contribution >= 0.6 is 0 Å². The third-order valence-electron chi connectivity index (χ3n) is 11.0. The standard InChI is InChI=1S/C37H48N4O4/c1-23-15-16-28(21-25(23)3)38-34(42)31-30-17-18-37(45-30)32(31)36(44)41(20-10-19-40(5)22-27-12-7-6-8-13-27)33(37)35(43)39-29-14-9-11-24(2)26(29)4/h6-8,12-13,15-18,21,24,26,29-33H,9-11,14,19-20,22H2,1-5H3,(H,38,42)(H,39,43)/t24?,26?,29?,30-,31?,32-,33?,37?/m1/s1. The molecule has 1 saturated carbocycles. The van der Waals surface area contributed by atoms with Gasteiger partial charge in [-0.2, -0.15) is 0 Å². The number of amides is 3. The minimum atomic E-state index is -1.16. The number of carbonyl (C=O) groups is 3. The van der Waals surface area contributed by atoms with Crippen molar-refractivity contribution in [2.45, 2.75) is 83.7 Å². The maximum Gasteiger partial charge on any atom is 0.246 e. The zero-order chi connectivity index (χ0) is 31.9. The molecule has 0 radical (unpaired) electrons. The van der Waals surface area contributed by atoms with Gasteiger partial charge in [-0.1, -0.05) is 75.2 Å². The van der Waals surface area contributed by atoms with Crippen LogP contribution in [0.5, 0.6) is 0 Å². The molecule has 4 aliphatic rings. The molecule has 1 aliphatic carbocycles. The van der Waals surface area contributed by atoms with Crippen molar-refractivity contribution < 1.29 is 19.1 Å².